The second kappa shape index (κ2) is 8.67. The highest BCUT2D eigenvalue weighted by Gasteiger charge is 2.11. The normalized spacial score (nSPS) is 11.8. The summed E-state index contributed by atoms with van der Waals surface area (Å²) in [6.45, 7) is 4.25. The van der Waals surface area contributed by atoms with Gasteiger partial charge in [-0.25, -0.2) is 4.98 Å². The van der Waals surface area contributed by atoms with Crippen LogP contribution in [0, 0.1) is 0 Å². The fraction of sp³-hybridized carbons (Fsp3) is 0.250. The van der Waals surface area contributed by atoms with E-state index in [0.717, 1.165) is 29.3 Å². The lowest BCUT2D eigenvalue weighted by atomic mass is 10.2. The third kappa shape index (κ3) is 4.52. The molecular weight excluding hydrogens is 342 g/mol. The Balaban J connectivity index is 1.99. The van der Waals surface area contributed by atoms with Gasteiger partial charge in [0.05, 0.1) is 17.1 Å². The molecule has 0 aliphatic heterocycles. The lowest BCUT2D eigenvalue weighted by molar-refractivity contribution is 0.753. The number of nitrogens with one attached hydrogen (secondary N) is 2. The Labute approximate surface area is 158 Å². The van der Waals surface area contributed by atoms with Gasteiger partial charge in [0.25, 0.3) is 0 Å². The van der Waals surface area contributed by atoms with E-state index < -0.39 is 0 Å². The van der Waals surface area contributed by atoms with E-state index in [1.54, 1.807) is 18.0 Å². The number of pyridine rings is 1. The Morgan fingerprint density at radius 3 is 2.58 bits per heavy atom. The van der Waals surface area contributed by atoms with E-state index in [-0.39, 0.29) is 0 Å². The summed E-state index contributed by atoms with van der Waals surface area (Å²) in [5.74, 6) is 1.35. The number of thioether (sulfide) groups is 1. The average Bonchev–Trinajstić information content (AvgIpc) is 2.69. The summed E-state index contributed by atoms with van der Waals surface area (Å²) in [5.41, 5.74) is 2.64. The zero-order chi connectivity index (χ0) is 18.4. The van der Waals surface area contributed by atoms with E-state index in [2.05, 4.69) is 57.8 Å². The van der Waals surface area contributed by atoms with Gasteiger partial charge in [-0.1, -0.05) is 25.1 Å². The van der Waals surface area contributed by atoms with Crippen molar-refractivity contribution >= 4 is 29.2 Å². The van der Waals surface area contributed by atoms with Crippen LogP contribution in [0.1, 0.15) is 20.3 Å². The number of para-hydroxylation sites is 1. The fourth-order valence-electron chi connectivity index (χ4n) is 2.43. The summed E-state index contributed by atoms with van der Waals surface area (Å²) in [5, 5.41) is 6.79. The van der Waals surface area contributed by atoms with E-state index in [4.69, 9.17) is 0 Å². The minimum absolute atomic E-state index is 0.292. The lowest BCUT2D eigenvalue weighted by Gasteiger charge is -2.15. The molecule has 2 N–H and O–H groups in total. The van der Waals surface area contributed by atoms with Gasteiger partial charge in [0.15, 0.2) is 0 Å². The molecule has 0 saturated heterocycles. The van der Waals surface area contributed by atoms with Gasteiger partial charge in [0, 0.05) is 23.2 Å². The van der Waals surface area contributed by atoms with E-state index in [9.17, 15) is 0 Å². The molecule has 0 bridgehead atoms. The summed E-state index contributed by atoms with van der Waals surface area (Å²) in [7, 11) is 0. The van der Waals surface area contributed by atoms with Crippen molar-refractivity contribution in [2.75, 3.05) is 16.9 Å². The van der Waals surface area contributed by atoms with Gasteiger partial charge >= 0.3 is 0 Å². The number of rotatable bonds is 7. The Kier molecular flexibility index (Phi) is 6.07. The first-order chi connectivity index (χ1) is 12.7. The Morgan fingerprint density at radius 1 is 1.04 bits per heavy atom. The zero-order valence-electron chi connectivity index (χ0n) is 15.2. The molecule has 6 heteroatoms. The summed E-state index contributed by atoms with van der Waals surface area (Å²) in [6.07, 6.45) is 4.83. The second-order valence-corrected chi connectivity index (χ2v) is 6.80. The molecule has 0 spiro atoms. The fourth-order valence-corrected chi connectivity index (χ4v) is 2.98. The van der Waals surface area contributed by atoms with Crippen LogP contribution in [0.15, 0.2) is 59.6 Å². The predicted octanol–water partition coefficient (Wildman–Crippen LogP) is 5.21. The lowest BCUT2D eigenvalue weighted by Crippen LogP contribution is -2.16. The molecule has 3 aromatic rings. The minimum Gasteiger partial charge on any atom is -0.352 e. The number of hydrogen-bond acceptors (Lipinski definition) is 6. The van der Waals surface area contributed by atoms with Crippen molar-refractivity contribution in [1.82, 2.24) is 15.0 Å². The second-order valence-electron chi connectivity index (χ2n) is 5.96. The molecule has 1 aromatic carbocycles. The highest BCUT2D eigenvalue weighted by molar-refractivity contribution is 7.98. The van der Waals surface area contributed by atoms with Gasteiger partial charge in [0.2, 0.25) is 5.95 Å². The zero-order valence-corrected chi connectivity index (χ0v) is 16.0. The smallest absolute Gasteiger partial charge is 0.225 e. The summed E-state index contributed by atoms with van der Waals surface area (Å²) in [6, 6.07) is 16.2. The highest BCUT2D eigenvalue weighted by atomic mass is 32.2. The Morgan fingerprint density at radius 2 is 1.85 bits per heavy atom. The van der Waals surface area contributed by atoms with Crippen LogP contribution in [0.5, 0.6) is 0 Å². The van der Waals surface area contributed by atoms with E-state index in [1.165, 1.54) is 4.90 Å². The van der Waals surface area contributed by atoms with Crippen LogP contribution in [0.25, 0.3) is 11.4 Å². The van der Waals surface area contributed by atoms with E-state index in [1.807, 2.05) is 36.4 Å². The predicted molar refractivity (Wildman–Crippen MR) is 110 cm³/mol. The van der Waals surface area contributed by atoms with E-state index >= 15 is 0 Å². The maximum absolute atomic E-state index is 4.65. The molecule has 0 saturated carbocycles. The Hall–Kier alpha value is -2.60. The van der Waals surface area contributed by atoms with Crippen molar-refractivity contribution in [3.8, 4) is 11.4 Å². The molecule has 5 nitrogen and oxygen atoms in total. The number of hydrogen-bond donors (Lipinski definition) is 2. The molecule has 0 fully saturated rings. The molecule has 3 rings (SSSR count). The minimum atomic E-state index is 0.292. The first kappa shape index (κ1) is 18.2. The quantitative estimate of drug-likeness (QED) is 0.560. The van der Waals surface area contributed by atoms with Gasteiger partial charge in [-0.05, 0) is 43.9 Å². The molecular formula is C20H23N5S. The van der Waals surface area contributed by atoms with Crippen LogP contribution >= 0.6 is 11.8 Å². The number of nitrogens with zero attached hydrogens (tertiary/aromatic N) is 3. The molecule has 134 valence electrons. The van der Waals surface area contributed by atoms with Crippen molar-refractivity contribution in [3.63, 3.8) is 0 Å². The number of benzene rings is 1. The molecule has 2 heterocycles. The van der Waals surface area contributed by atoms with Crippen LogP contribution in [-0.4, -0.2) is 27.2 Å². The van der Waals surface area contributed by atoms with Gasteiger partial charge in [-0.2, -0.15) is 4.98 Å². The summed E-state index contributed by atoms with van der Waals surface area (Å²) >= 11 is 1.70. The van der Waals surface area contributed by atoms with Crippen molar-refractivity contribution < 1.29 is 0 Å². The molecule has 0 amide bonds. The summed E-state index contributed by atoms with van der Waals surface area (Å²) in [4.78, 5) is 14.9. The molecule has 26 heavy (non-hydrogen) atoms. The third-order valence-electron chi connectivity index (χ3n) is 4.01. The van der Waals surface area contributed by atoms with Gasteiger partial charge in [-0.3, -0.25) is 4.98 Å². The summed E-state index contributed by atoms with van der Waals surface area (Å²) < 4.78 is 0. The number of anilines is 3. The topological polar surface area (TPSA) is 62.7 Å². The average molecular weight is 366 g/mol. The van der Waals surface area contributed by atoms with Crippen LogP contribution in [-0.2, 0) is 0 Å². The molecule has 1 atom stereocenters. The van der Waals surface area contributed by atoms with Crippen LogP contribution in [0.3, 0.4) is 0 Å². The monoisotopic (exact) mass is 365 g/mol. The first-order valence-corrected chi connectivity index (χ1v) is 9.89. The van der Waals surface area contributed by atoms with Crippen LogP contribution in [0.2, 0.25) is 0 Å². The van der Waals surface area contributed by atoms with Gasteiger partial charge in [-0.15, -0.1) is 11.8 Å². The van der Waals surface area contributed by atoms with Crippen molar-refractivity contribution in [3.05, 3.63) is 54.7 Å². The molecule has 2 aromatic heterocycles. The van der Waals surface area contributed by atoms with Gasteiger partial charge < -0.3 is 10.6 Å². The molecule has 0 unspecified atom stereocenters. The standard InChI is InChI=1S/C20H23N5S/c1-4-14(2)22-20-24-17(15-9-7-8-12-21-15)13-19(25-20)23-16-10-5-6-11-18(16)26-3/h5-14H,4H2,1-3H3,(H2,22,23,24,25)/t14-/m1/s1. The molecule has 0 aliphatic rings. The van der Waals surface area contributed by atoms with Crippen LogP contribution < -0.4 is 10.6 Å². The van der Waals surface area contributed by atoms with Gasteiger partial charge in [0.1, 0.15) is 5.82 Å². The largest absolute Gasteiger partial charge is 0.352 e. The van der Waals surface area contributed by atoms with Crippen molar-refractivity contribution in [1.29, 1.82) is 0 Å². The first-order valence-electron chi connectivity index (χ1n) is 8.66. The van der Waals surface area contributed by atoms with E-state index in [0.29, 0.717) is 12.0 Å². The third-order valence-corrected chi connectivity index (χ3v) is 4.81. The molecule has 0 radical (unpaired) electrons. The maximum Gasteiger partial charge on any atom is 0.225 e. The Bertz CT molecular complexity index is 854. The highest BCUT2D eigenvalue weighted by Crippen LogP contribution is 2.29. The maximum atomic E-state index is 4.65. The van der Waals surface area contributed by atoms with Crippen LogP contribution in [0.4, 0.5) is 17.5 Å². The van der Waals surface area contributed by atoms with Crippen molar-refractivity contribution in [2.45, 2.75) is 31.2 Å². The van der Waals surface area contributed by atoms with Crippen molar-refractivity contribution in [2.24, 2.45) is 0 Å². The SMILES string of the molecule is CC[C@@H](C)Nc1nc(Nc2ccccc2SC)cc(-c2ccccn2)n1. The number of aromatic nitrogens is 3. The molecule has 0 aliphatic carbocycles.